The molecule has 3 aromatic rings. The Morgan fingerprint density at radius 3 is 2.59 bits per heavy atom. The zero-order chi connectivity index (χ0) is 20.4. The smallest absolute Gasteiger partial charge is 0.301 e. The number of hydrogen-bond acceptors (Lipinski definition) is 5. The van der Waals surface area contributed by atoms with E-state index >= 15 is 0 Å². The van der Waals surface area contributed by atoms with Gasteiger partial charge in [0.15, 0.2) is 5.71 Å². The fourth-order valence-electron chi connectivity index (χ4n) is 3.36. The predicted octanol–water partition coefficient (Wildman–Crippen LogP) is 4.69. The first-order valence-electron chi connectivity index (χ1n) is 9.62. The van der Waals surface area contributed by atoms with Crippen LogP contribution in [0.4, 0.5) is 11.4 Å². The van der Waals surface area contributed by atoms with Crippen LogP contribution in [-0.2, 0) is 11.2 Å². The van der Waals surface area contributed by atoms with E-state index < -0.39 is 0 Å². The van der Waals surface area contributed by atoms with E-state index in [1.54, 1.807) is 13.0 Å². The average molecular weight is 386 g/mol. The van der Waals surface area contributed by atoms with Crippen molar-refractivity contribution in [3.8, 4) is 5.75 Å². The van der Waals surface area contributed by atoms with Gasteiger partial charge < -0.3 is 5.11 Å². The molecule has 0 saturated carbocycles. The quantitative estimate of drug-likeness (QED) is 0.493. The van der Waals surface area contributed by atoms with E-state index in [0.29, 0.717) is 17.1 Å². The summed E-state index contributed by atoms with van der Waals surface area (Å²) in [6.45, 7) is 3.87. The molecule has 0 unspecified atom stereocenters. The summed E-state index contributed by atoms with van der Waals surface area (Å²) in [5, 5.41) is 22.1. The van der Waals surface area contributed by atoms with Crippen LogP contribution in [0.1, 0.15) is 25.8 Å². The summed E-state index contributed by atoms with van der Waals surface area (Å²) in [4.78, 5) is 12.8. The molecule has 146 valence electrons. The summed E-state index contributed by atoms with van der Waals surface area (Å²) in [5.74, 6) is -0.214. The van der Waals surface area contributed by atoms with Gasteiger partial charge in [-0.25, -0.2) is 0 Å². The number of carbonyl (C=O) groups excluding carboxylic acids is 1. The first-order valence-corrected chi connectivity index (χ1v) is 9.62. The van der Waals surface area contributed by atoms with Gasteiger partial charge in [0, 0.05) is 5.39 Å². The van der Waals surface area contributed by atoms with E-state index in [-0.39, 0.29) is 17.4 Å². The second-order valence-electron chi connectivity index (χ2n) is 6.97. The maximum absolute atomic E-state index is 12.8. The number of phenolic OH excluding ortho intramolecular Hbond substituents is 1. The molecule has 1 amide bonds. The third kappa shape index (κ3) is 3.57. The molecule has 0 radical (unpaired) electrons. The minimum absolute atomic E-state index is 0.0934. The molecule has 6 heteroatoms. The van der Waals surface area contributed by atoms with Gasteiger partial charge >= 0.3 is 5.91 Å². The Kier molecular flexibility index (Phi) is 4.99. The second-order valence-corrected chi connectivity index (χ2v) is 6.97. The van der Waals surface area contributed by atoms with Gasteiger partial charge in [-0.05, 0) is 42.5 Å². The molecule has 0 saturated heterocycles. The number of anilines is 2. The van der Waals surface area contributed by atoms with Crippen molar-refractivity contribution in [3.63, 3.8) is 0 Å². The molecular weight excluding hydrogens is 364 g/mol. The molecular formula is C23H22N4O2. The molecule has 1 heterocycles. The van der Waals surface area contributed by atoms with Gasteiger partial charge in [0.25, 0.3) is 0 Å². The van der Waals surface area contributed by atoms with E-state index in [1.807, 2.05) is 54.6 Å². The van der Waals surface area contributed by atoms with Crippen molar-refractivity contribution >= 4 is 39.5 Å². The van der Waals surface area contributed by atoms with Gasteiger partial charge in [-0.3, -0.25) is 10.2 Å². The summed E-state index contributed by atoms with van der Waals surface area (Å²) in [6.07, 6.45) is 2.08. The van der Waals surface area contributed by atoms with E-state index in [1.165, 1.54) is 10.6 Å². The van der Waals surface area contributed by atoms with Crippen LogP contribution in [-0.4, -0.2) is 22.4 Å². The molecule has 0 aromatic heterocycles. The highest BCUT2D eigenvalue weighted by atomic mass is 16.3. The molecule has 0 atom stereocenters. The number of hydrogen-bond donors (Lipinski definition) is 2. The van der Waals surface area contributed by atoms with Crippen LogP contribution in [0.5, 0.6) is 5.75 Å². The SMILES string of the molecule is CCCc1ccc(N2N=C(C)/C(=N/Nc3ccc4ccccc4c3O)C2=O)cc1. The highest BCUT2D eigenvalue weighted by Crippen LogP contribution is 2.32. The number of aryl methyl sites for hydroxylation is 1. The van der Waals surface area contributed by atoms with Crippen molar-refractivity contribution in [1.29, 1.82) is 0 Å². The largest absolute Gasteiger partial charge is 0.505 e. The number of carbonyl (C=O) groups is 1. The van der Waals surface area contributed by atoms with E-state index in [0.717, 1.165) is 23.6 Å². The van der Waals surface area contributed by atoms with Gasteiger partial charge in [0.1, 0.15) is 5.75 Å². The molecule has 0 bridgehead atoms. The zero-order valence-electron chi connectivity index (χ0n) is 16.4. The number of amides is 1. The number of fused-ring (bicyclic) bond motifs is 1. The monoisotopic (exact) mass is 386 g/mol. The Bertz CT molecular complexity index is 1130. The van der Waals surface area contributed by atoms with Crippen LogP contribution in [0.15, 0.2) is 70.9 Å². The lowest BCUT2D eigenvalue weighted by atomic mass is 10.1. The van der Waals surface area contributed by atoms with E-state index in [9.17, 15) is 9.90 Å². The van der Waals surface area contributed by atoms with Crippen molar-refractivity contribution < 1.29 is 9.90 Å². The zero-order valence-corrected chi connectivity index (χ0v) is 16.4. The fraction of sp³-hybridized carbons (Fsp3) is 0.174. The average Bonchev–Trinajstić information content (AvgIpc) is 3.02. The van der Waals surface area contributed by atoms with Crippen molar-refractivity contribution in [2.45, 2.75) is 26.7 Å². The van der Waals surface area contributed by atoms with Gasteiger partial charge in [0.2, 0.25) is 0 Å². The van der Waals surface area contributed by atoms with E-state index in [2.05, 4.69) is 22.6 Å². The first-order chi connectivity index (χ1) is 14.1. The van der Waals surface area contributed by atoms with Gasteiger partial charge in [-0.2, -0.15) is 15.2 Å². The van der Waals surface area contributed by atoms with Gasteiger partial charge in [-0.15, -0.1) is 0 Å². The molecule has 0 aliphatic carbocycles. The Balaban J connectivity index is 1.57. The molecule has 0 spiro atoms. The maximum atomic E-state index is 12.8. The number of nitrogens with zero attached hydrogens (tertiary/aromatic N) is 3. The number of nitrogens with one attached hydrogen (secondary N) is 1. The standard InChI is InChI=1S/C23H22N4O2/c1-3-6-16-9-12-18(13-10-16)27-23(29)21(15(2)26-27)25-24-20-14-11-17-7-4-5-8-19(17)22(20)28/h4-5,7-14,24,28H,3,6H2,1-2H3/b25-21-. The van der Waals surface area contributed by atoms with Crippen molar-refractivity contribution in [1.82, 2.24) is 0 Å². The van der Waals surface area contributed by atoms with Crippen LogP contribution in [0, 0.1) is 0 Å². The summed E-state index contributed by atoms with van der Waals surface area (Å²) in [6, 6.07) is 19.0. The molecule has 29 heavy (non-hydrogen) atoms. The summed E-state index contributed by atoms with van der Waals surface area (Å²) < 4.78 is 0. The molecule has 6 nitrogen and oxygen atoms in total. The number of hydrazone groups is 2. The second kappa shape index (κ2) is 7.75. The number of phenols is 1. The van der Waals surface area contributed by atoms with Gasteiger partial charge in [0.05, 0.1) is 17.1 Å². The lowest BCUT2D eigenvalue weighted by Crippen LogP contribution is -2.27. The fourth-order valence-corrected chi connectivity index (χ4v) is 3.36. The van der Waals surface area contributed by atoms with Crippen molar-refractivity contribution in [2.24, 2.45) is 10.2 Å². The highest BCUT2D eigenvalue weighted by Gasteiger charge is 2.30. The van der Waals surface area contributed by atoms with Crippen molar-refractivity contribution in [2.75, 3.05) is 10.4 Å². The normalized spacial score (nSPS) is 15.2. The lowest BCUT2D eigenvalue weighted by molar-refractivity contribution is -0.112. The summed E-state index contributed by atoms with van der Waals surface area (Å²) in [7, 11) is 0. The number of rotatable bonds is 5. The molecule has 4 rings (SSSR count). The summed E-state index contributed by atoms with van der Waals surface area (Å²) >= 11 is 0. The van der Waals surface area contributed by atoms with Crippen LogP contribution < -0.4 is 10.4 Å². The Hall–Kier alpha value is -3.67. The number of benzene rings is 3. The molecule has 0 fully saturated rings. The maximum Gasteiger partial charge on any atom is 0.301 e. The van der Waals surface area contributed by atoms with E-state index in [4.69, 9.17) is 0 Å². The number of aromatic hydroxyl groups is 1. The third-order valence-electron chi connectivity index (χ3n) is 4.90. The molecule has 3 aromatic carbocycles. The Morgan fingerprint density at radius 2 is 1.83 bits per heavy atom. The Labute approximate surface area is 169 Å². The lowest BCUT2D eigenvalue weighted by Gasteiger charge is -2.12. The minimum atomic E-state index is -0.307. The van der Waals surface area contributed by atoms with Crippen LogP contribution in [0.25, 0.3) is 10.8 Å². The molecule has 1 aliphatic heterocycles. The van der Waals surface area contributed by atoms with Crippen molar-refractivity contribution in [3.05, 3.63) is 66.2 Å². The van der Waals surface area contributed by atoms with Crippen LogP contribution >= 0.6 is 0 Å². The first kappa shape index (κ1) is 18.7. The molecule has 1 aliphatic rings. The van der Waals surface area contributed by atoms with Crippen LogP contribution in [0.3, 0.4) is 0 Å². The van der Waals surface area contributed by atoms with Gasteiger partial charge in [-0.1, -0.05) is 55.8 Å². The summed E-state index contributed by atoms with van der Waals surface area (Å²) in [5.41, 5.74) is 5.91. The Morgan fingerprint density at radius 1 is 1.07 bits per heavy atom. The third-order valence-corrected chi connectivity index (χ3v) is 4.90. The van der Waals surface area contributed by atoms with Crippen LogP contribution in [0.2, 0.25) is 0 Å². The predicted molar refractivity (Wildman–Crippen MR) is 118 cm³/mol. The topological polar surface area (TPSA) is 77.3 Å². The highest BCUT2D eigenvalue weighted by molar-refractivity contribution is 6.71. The minimum Gasteiger partial charge on any atom is -0.505 e. The molecule has 2 N–H and O–H groups in total.